The van der Waals surface area contributed by atoms with E-state index in [0.29, 0.717) is 11.5 Å². The van der Waals surface area contributed by atoms with Crippen LogP contribution in [0.3, 0.4) is 0 Å². The molecular weight excluding hydrogens is 222 g/mol. The molecule has 0 radical (unpaired) electrons. The standard InChI is InChI=1S/C15H31N3/c1-15(2,13-6-4-5-7-13)12-17-11-14-10-16-8-9-18(14)3/h13-14,16-17H,4-12H2,1-3H3. The molecule has 1 saturated heterocycles. The summed E-state index contributed by atoms with van der Waals surface area (Å²) < 4.78 is 0. The lowest BCUT2D eigenvalue weighted by Gasteiger charge is -2.36. The SMILES string of the molecule is CN1CCNCC1CNCC(C)(C)C1CCCC1. The van der Waals surface area contributed by atoms with Gasteiger partial charge in [0.2, 0.25) is 0 Å². The van der Waals surface area contributed by atoms with E-state index in [4.69, 9.17) is 0 Å². The molecule has 2 fully saturated rings. The zero-order valence-electron chi connectivity index (χ0n) is 12.5. The predicted octanol–water partition coefficient (Wildman–Crippen LogP) is 1.70. The molecule has 0 spiro atoms. The zero-order valence-corrected chi connectivity index (χ0v) is 12.5. The van der Waals surface area contributed by atoms with Gasteiger partial charge in [0.15, 0.2) is 0 Å². The Morgan fingerprint density at radius 1 is 1.28 bits per heavy atom. The predicted molar refractivity (Wildman–Crippen MR) is 77.9 cm³/mol. The Labute approximate surface area is 113 Å². The van der Waals surface area contributed by atoms with Gasteiger partial charge in [-0.2, -0.15) is 0 Å². The third kappa shape index (κ3) is 3.69. The molecule has 1 saturated carbocycles. The second-order valence-electron chi connectivity index (χ2n) is 6.94. The smallest absolute Gasteiger partial charge is 0.0342 e. The minimum atomic E-state index is 0.469. The molecule has 1 unspecified atom stereocenters. The third-order valence-corrected chi connectivity index (χ3v) is 5.07. The number of rotatable bonds is 5. The first-order valence-electron chi connectivity index (χ1n) is 7.71. The molecular formula is C15H31N3. The zero-order chi connectivity index (χ0) is 13.0. The van der Waals surface area contributed by atoms with Crippen LogP contribution in [0.1, 0.15) is 39.5 Å². The Morgan fingerprint density at radius 2 is 2.00 bits per heavy atom. The number of hydrogen-bond donors (Lipinski definition) is 2. The summed E-state index contributed by atoms with van der Waals surface area (Å²) in [6.45, 7) is 10.6. The maximum Gasteiger partial charge on any atom is 0.0342 e. The normalized spacial score (nSPS) is 27.8. The van der Waals surface area contributed by atoms with Gasteiger partial charge in [-0.25, -0.2) is 0 Å². The van der Waals surface area contributed by atoms with Crippen molar-refractivity contribution < 1.29 is 0 Å². The number of likely N-dealkylation sites (N-methyl/N-ethyl adjacent to an activating group) is 1. The second-order valence-corrected chi connectivity index (χ2v) is 6.94. The highest BCUT2D eigenvalue weighted by Crippen LogP contribution is 2.38. The molecule has 0 aromatic carbocycles. The topological polar surface area (TPSA) is 27.3 Å². The molecule has 3 heteroatoms. The van der Waals surface area contributed by atoms with Crippen molar-refractivity contribution >= 4 is 0 Å². The lowest BCUT2D eigenvalue weighted by molar-refractivity contribution is 0.172. The average Bonchev–Trinajstić information content (AvgIpc) is 2.86. The number of nitrogens with zero attached hydrogens (tertiary/aromatic N) is 1. The van der Waals surface area contributed by atoms with Gasteiger partial charge in [-0.05, 0) is 31.2 Å². The van der Waals surface area contributed by atoms with Crippen molar-refractivity contribution in [3.63, 3.8) is 0 Å². The third-order valence-electron chi connectivity index (χ3n) is 5.07. The summed E-state index contributed by atoms with van der Waals surface area (Å²) in [5, 5.41) is 7.21. The molecule has 1 aliphatic carbocycles. The van der Waals surface area contributed by atoms with Crippen LogP contribution >= 0.6 is 0 Å². The van der Waals surface area contributed by atoms with Gasteiger partial charge in [0.25, 0.3) is 0 Å². The van der Waals surface area contributed by atoms with Crippen LogP contribution in [-0.2, 0) is 0 Å². The Balaban J connectivity index is 1.70. The Bertz CT molecular complexity index is 246. The number of hydrogen-bond acceptors (Lipinski definition) is 3. The van der Waals surface area contributed by atoms with Crippen LogP contribution in [0.2, 0.25) is 0 Å². The van der Waals surface area contributed by atoms with E-state index in [1.165, 1.54) is 38.8 Å². The van der Waals surface area contributed by atoms with Crippen molar-refractivity contribution in [2.24, 2.45) is 11.3 Å². The van der Waals surface area contributed by atoms with Gasteiger partial charge in [-0.1, -0.05) is 26.7 Å². The van der Waals surface area contributed by atoms with Gasteiger partial charge in [0, 0.05) is 38.8 Å². The summed E-state index contributed by atoms with van der Waals surface area (Å²) in [6.07, 6.45) is 5.78. The maximum absolute atomic E-state index is 3.72. The lowest BCUT2D eigenvalue weighted by Crippen LogP contribution is -2.54. The van der Waals surface area contributed by atoms with Crippen LogP contribution in [-0.4, -0.2) is 50.7 Å². The van der Waals surface area contributed by atoms with Crippen LogP contribution in [0.15, 0.2) is 0 Å². The summed E-state index contributed by atoms with van der Waals surface area (Å²) in [5.74, 6) is 0.937. The van der Waals surface area contributed by atoms with Crippen LogP contribution in [0.5, 0.6) is 0 Å². The van der Waals surface area contributed by atoms with E-state index in [2.05, 4.69) is 36.4 Å². The van der Waals surface area contributed by atoms with Crippen molar-refractivity contribution in [1.82, 2.24) is 15.5 Å². The fraction of sp³-hybridized carbons (Fsp3) is 1.00. The van der Waals surface area contributed by atoms with Crippen molar-refractivity contribution in [2.75, 3.05) is 39.8 Å². The lowest BCUT2D eigenvalue weighted by atomic mass is 9.77. The van der Waals surface area contributed by atoms with Gasteiger partial charge >= 0.3 is 0 Å². The van der Waals surface area contributed by atoms with E-state index >= 15 is 0 Å². The minimum absolute atomic E-state index is 0.469. The van der Waals surface area contributed by atoms with E-state index < -0.39 is 0 Å². The molecule has 2 aliphatic rings. The van der Waals surface area contributed by atoms with Gasteiger partial charge < -0.3 is 10.6 Å². The van der Waals surface area contributed by atoms with Gasteiger partial charge in [0.05, 0.1) is 0 Å². The van der Waals surface area contributed by atoms with Crippen molar-refractivity contribution in [2.45, 2.75) is 45.6 Å². The number of piperazine rings is 1. The van der Waals surface area contributed by atoms with Crippen molar-refractivity contribution in [3.8, 4) is 0 Å². The number of nitrogens with one attached hydrogen (secondary N) is 2. The monoisotopic (exact) mass is 253 g/mol. The largest absolute Gasteiger partial charge is 0.315 e. The molecule has 106 valence electrons. The van der Waals surface area contributed by atoms with E-state index in [0.717, 1.165) is 25.6 Å². The highest BCUT2D eigenvalue weighted by molar-refractivity contribution is 4.85. The molecule has 2 N–H and O–H groups in total. The molecule has 1 aliphatic heterocycles. The summed E-state index contributed by atoms with van der Waals surface area (Å²) in [7, 11) is 2.25. The summed E-state index contributed by atoms with van der Waals surface area (Å²) in [5.41, 5.74) is 0.469. The maximum atomic E-state index is 3.72. The van der Waals surface area contributed by atoms with Crippen LogP contribution in [0.4, 0.5) is 0 Å². The molecule has 0 aromatic heterocycles. The summed E-state index contributed by atoms with van der Waals surface area (Å²) in [4.78, 5) is 2.48. The van der Waals surface area contributed by atoms with Crippen LogP contribution in [0.25, 0.3) is 0 Å². The molecule has 18 heavy (non-hydrogen) atoms. The van der Waals surface area contributed by atoms with Crippen LogP contribution in [0, 0.1) is 11.3 Å². The Kier molecular flexibility index (Phi) is 5.05. The molecule has 2 rings (SSSR count). The van der Waals surface area contributed by atoms with Crippen molar-refractivity contribution in [3.05, 3.63) is 0 Å². The average molecular weight is 253 g/mol. The molecule has 1 heterocycles. The van der Waals surface area contributed by atoms with Gasteiger partial charge in [-0.15, -0.1) is 0 Å². The second kappa shape index (κ2) is 6.36. The molecule has 1 atom stereocenters. The summed E-state index contributed by atoms with van der Waals surface area (Å²) >= 11 is 0. The van der Waals surface area contributed by atoms with Crippen LogP contribution < -0.4 is 10.6 Å². The van der Waals surface area contributed by atoms with E-state index in [1.54, 1.807) is 0 Å². The highest BCUT2D eigenvalue weighted by Gasteiger charge is 2.31. The fourth-order valence-corrected chi connectivity index (χ4v) is 3.50. The van der Waals surface area contributed by atoms with E-state index in [9.17, 15) is 0 Å². The first-order valence-corrected chi connectivity index (χ1v) is 7.71. The van der Waals surface area contributed by atoms with E-state index in [1.807, 2.05) is 0 Å². The molecule has 0 aromatic rings. The Morgan fingerprint density at radius 3 is 2.67 bits per heavy atom. The molecule has 3 nitrogen and oxygen atoms in total. The Hall–Kier alpha value is -0.120. The fourth-order valence-electron chi connectivity index (χ4n) is 3.50. The minimum Gasteiger partial charge on any atom is -0.315 e. The van der Waals surface area contributed by atoms with E-state index in [-0.39, 0.29) is 0 Å². The summed E-state index contributed by atoms with van der Waals surface area (Å²) in [6, 6.07) is 0.665. The van der Waals surface area contributed by atoms with Crippen molar-refractivity contribution in [1.29, 1.82) is 0 Å². The van der Waals surface area contributed by atoms with Gasteiger partial charge in [0.1, 0.15) is 0 Å². The first kappa shape index (κ1) is 14.3. The quantitative estimate of drug-likeness (QED) is 0.781. The first-order chi connectivity index (χ1) is 8.59. The highest BCUT2D eigenvalue weighted by atomic mass is 15.2. The molecule has 0 amide bonds. The molecule has 0 bridgehead atoms. The van der Waals surface area contributed by atoms with Gasteiger partial charge in [-0.3, -0.25) is 4.90 Å².